The quantitative estimate of drug-likeness (QED) is 0.692. The van der Waals surface area contributed by atoms with E-state index in [1.165, 1.54) is 11.6 Å². The van der Waals surface area contributed by atoms with Gasteiger partial charge in [0.05, 0.1) is 4.47 Å². The van der Waals surface area contributed by atoms with Crippen molar-refractivity contribution in [3.8, 4) is 0 Å². The van der Waals surface area contributed by atoms with Crippen LogP contribution in [0.25, 0.3) is 0 Å². The van der Waals surface area contributed by atoms with Gasteiger partial charge in [-0.05, 0) is 51.9 Å². The molecule has 0 aromatic heterocycles. The van der Waals surface area contributed by atoms with Crippen molar-refractivity contribution >= 4 is 31.9 Å². The van der Waals surface area contributed by atoms with Crippen LogP contribution in [0.2, 0.25) is 0 Å². The molecule has 0 aliphatic rings. The van der Waals surface area contributed by atoms with E-state index in [1.54, 1.807) is 0 Å². The van der Waals surface area contributed by atoms with E-state index in [1.807, 2.05) is 12.1 Å². The first-order valence-corrected chi connectivity index (χ1v) is 6.96. The molecule has 15 heavy (non-hydrogen) atoms. The lowest BCUT2D eigenvalue weighted by Gasteiger charge is -2.18. The molecule has 0 aliphatic carbocycles. The molecule has 0 spiro atoms. The van der Waals surface area contributed by atoms with Gasteiger partial charge >= 0.3 is 0 Å². The Hall–Kier alpha value is 0.110. The highest BCUT2D eigenvalue weighted by Crippen LogP contribution is 2.23. The van der Waals surface area contributed by atoms with Gasteiger partial charge in [-0.3, -0.25) is 0 Å². The second kappa shape index (κ2) is 6.00. The molecule has 3 heteroatoms. The van der Waals surface area contributed by atoms with Crippen LogP contribution in [0.5, 0.6) is 0 Å². The number of rotatable bonds is 4. The van der Waals surface area contributed by atoms with Gasteiger partial charge < -0.3 is 0 Å². The van der Waals surface area contributed by atoms with Crippen LogP contribution in [0.1, 0.15) is 19.4 Å². The molecule has 0 heterocycles. The molecule has 1 aromatic rings. The fraction of sp³-hybridized carbons (Fsp3) is 0.500. The molecule has 1 unspecified atom stereocenters. The van der Waals surface area contributed by atoms with Gasteiger partial charge in [0.15, 0.2) is 0 Å². The van der Waals surface area contributed by atoms with Crippen LogP contribution in [0, 0.1) is 17.7 Å². The van der Waals surface area contributed by atoms with Crippen LogP contribution in [0.4, 0.5) is 4.39 Å². The maximum Gasteiger partial charge on any atom is 0.137 e. The van der Waals surface area contributed by atoms with E-state index >= 15 is 0 Å². The van der Waals surface area contributed by atoms with Crippen LogP contribution in [0.3, 0.4) is 0 Å². The second-order valence-electron chi connectivity index (χ2n) is 4.11. The Balaban J connectivity index is 2.75. The van der Waals surface area contributed by atoms with Crippen molar-refractivity contribution in [1.29, 1.82) is 0 Å². The summed E-state index contributed by atoms with van der Waals surface area (Å²) in [5.74, 6) is 1.04. The first-order valence-electron chi connectivity index (χ1n) is 5.04. The molecular weight excluding hydrogens is 323 g/mol. The third kappa shape index (κ3) is 3.87. The third-order valence-electron chi connectivity index (χ3n) is 2.62. The van der Waals surface area contributed by atoms with Gasteiger partial charge in [0.2, 0.25) is 0 Å². The van der Waals surface area contributed by atoms with E-state index < -0.39 is 0 Å². The summed E-state index contributed by atoms with van der Waals surface area (Å²) in [5, 5.41) is 0.986. The van der Waals surface area contributed by atoms with E-state index in [0.717, 1.165) is 11.8 Å². The molecular formula is C12H15Br2F. The fourth-order valence-corrected chi connectivity index (χ4v) is 2.84. The molecule has 0 radical (unpaired) electrons. The predicted molar refractivity (Wildman–Crippen MR) is 69.9 cm³/mol. The highest BCUT2D eigenvalue weighted by Gasteiger charge is 2.13. The molecule has 0 aliphatic heterocycles. The van der Waals surface area contributed by atoms with Crippen molar-refractivity contribution in [2.45, 2.75) is 20.3 Å². The summed E-state index contributed by atoms with van der Waals surface area (Å²) in [6, 6.07) is 5.25. The second-order valence-corrected chi connectivity index (χ2v) is 5.61. The summed E-state index contributed by atoms with van der Waals surface area (Å²) in [7, 11) is 0. The first kappa shape index (κ1) is 13.2. The van der Waals surface area contributed by atoms with Crippen molar-refractivity contribution < 1.29 is 4.39 Å². The van der Waals surface area contributed by atoms with Crippen LogP contribution in [-0.2, 0) is 6.42 Å². The summed E-state index contributed by atoms with van der Waals surface area (Å²) in [4.78, 5) is 0. The molecule has 0 saturated carbocycles. The Bertz CT molecular complexity index is 323. The standard InChI is InChI=1S/C12H15Br2F/c1-8(2)10(7-13)5-9-3-4-12(15)11(14)6-9/h3-4,6,8,10H,5,7H2,1-2H3. The lowest BCUT2D eigenvalue weighted by Crippen LogP contribution is -2.13. The molecule has 0 fully saturated rings. The molecule has 1 aromatic carbocycles. The summed E-state index contributed by atoms with van der Waals surface area (Å²) in [6.07, 6.45) is 0.988. The summed E-state index contributed by atoms with van der Waals surface area (Å²) >= 11 is 6.73. The van der Waals surface area contributed by atoms with Gasteiger partial charge in [-0.1, -0.05) is 35.8 Å². The fourth-order valence-electron chi connectivity index (χ4n) is 1.44. The molecule has 0 N–H and O–H groups in total. The molecule has 1 atom stereocenters. The SMILES string of the molecule is CC(C)C(CBr)Cc1ccc(F)c(Br)c1. The zero-order valence-corrected chi connectivity index (χ0v) is 12.1. The minimum Gasteiger partial charge on any atom is -0.206 e. The van der Waals surface area contributed by atoms with Crippen LogP contribution >= 0.6 is 31.9 Å². The minimum atomic E-state index is -0.196. The summed E-state index contributed by atoms with van der Waals surface area (Å²) < 4.78 is 13.6. The molecule has 0 bridgehead atoms. The molecule has 84 valence electrons. The zero-order valence-electron chi connectivity index (χ0n) is 8.93. The Morgan fingerprint density at radius 3 is 2.47 bits per heavy atom. The topological polar surface area (TPSA) is 0 Å². The van der Waals surface area contributed by atoms with Crippen LogP contribution < -0.4 is 0 Å². The van der Waals surface area contributed by atoms with Gasteiger partial charge in [-0.25, -0.2) is 4.39 Å². The van der Waals surface area contributed by atoms with E-state index in [-0.39, 0.29) is 5.82 Å². The minimum absolute atomic E-state index is 0.196. The van der Waals surface area contributed by atoms with E-state index in [2.05, 4.69) is 45.7 Å². The monoisotopic (exact) mass is 336 g/mol. The lowest BCUT2D eigenvalue weighted by molar-refractivity contribution is 0.427. The Morgan fingerprint density at radius 2 is 2.00 bits per heavy atom. The largest absolute Gasteiger partial charge is 0.206 e. The smallest absolute Gasteiger partial charge is 0.137 e. The maximum absolute atomic E-state index is 13.0. The van der Waals surface area contributed by atoms with Crippen LogP contribution in [0.15, 0.2) is 22.7 Å². The number of alkyl halides is 1. The molecule has 1 rings (SSSR count). The van der Waals surface area contributed by atoms with Gasteiger partial charge in [0.1, 0.15) is 5.82 Å². The van der Waals surface area contributed by atoms with Crippen molar-refractivity contribution in [2.24, 2.45) is 11.8 Å². The lowest BCUT2D eigenvalue weighted by atomic mass is 9.91. The Morgan fingerprint density at radius 1 is 1.33 bits per heavy atom. The van der Waals surface area contributed by atoms with E-state index in [9.17, 15) is 4.39 Å². The normalized spacial score (nSPS) is 13.2. The van der Waals surface area contributed by atoms with Gasteiger partial charge in [-0.2, -0.15) is 0 Å². The van der Waals surface area contributed by atoms with Crippen molar-refractivity contribution in [2.75, 3.05) is 5.33 Å². The summed E-state index contributed by atoms with van der Waals surface area (Å²) in [5.41, 5.74) is 1.18. The number of hydrogen-bond acceptors (Lipinski definition) is 0. The highest BCUT2D eigenvalue weighted by molar-refractivity contribution is 9.10. The zero-order chi connectivity index (χ0) is 11.4. The van der Waals surface area contributed by atoms with Gasteiger partial charge in [0.25, 0.3) is 0 Å². The van der Waals surface area contributed by atoms with Crippen molar-refractivity contribution in [3.05, 3.63) is 34.1 Å². The maximum atomic E-state index is 13.0. The van der Waals surface area contributed by atoms with Crippen molar-refractivity contribution in [1.82, 2.24) is 0 Å². The van der Waals surface area contributed by atoms with Gasteiger partial charge in [-0.15, -0.1) is 0 Å². The number of hydrogen-bond donors (Lipinski definition) is 0. The van der Waals surface area contributed by atoms with E-state index in [0.29, 0.717) is 16.3 Å². The first-order chi connectivity index (χ1) is 7.04. The van der Waals surface area contributed by atoms with Crippen molar-refractivity contribution in [3.63, 3.8) is 0 Å². The van der Waals surface area contributed by atoms with Crippen LogP contribution in [-0.4, -0.2) is 5.33 Å². The third-order valence-corrected chi connectivity index (χ3v) is 4.06. The molecule has 0 nitrogen and oxygen atoms in total. The van der Waals surface area contributed by atoms with Gasteiger partial charge in [0, 0.05) is 5.33 Å². The molecule has 0 amide bonds. The highest BCUT2D eigenvalue weighted by atomic mass is 79.9. The number of benzene rings is 1. The van der Waals surface area contributed by atoms with E-state index in [4.69, 9.17) is 0 Å². The number of halogens is 3. The predicted octanol–water partition coefficient (Wildman–Crippen LogP) is 4.80. The summed E-state index contributed by atoms with van der Waals surface area (Å²) in [6.45, 7) is 4.43. The molecule has 0 saturated heterocycles. The Kier molecular flexibility index (Phi) is 5.27. The Labute approximate surface area is 108 Å². The average Bonchev–Trinajstić information content (AvgIpc) is 2.19. The average molecular weight is 338 g/mol.